The average molecular weight is 494 g/mol. The first-order valence-corrected chi connectivity index (χ1v) is 12.7. The fraction of sp³-hybridized carbons (Fsp3) is 0.242. The molecule has 0 bridgehead atoms. The van der Waals surface area contributed by atoms with Crippen molar-refractivity contribution in [2.45, 2.75) is 38.0 Å². The molecule has 4 heteroatoms. The highest BCUT2D eigenvalue weighted by Crippen LogP contribution is 2.37. The molecule has 0 aromatic heterocycles. The third-order valence-corrected chi connectivity index (χ3v) is 6.70. The van der Waals surface area contributed by atoms with Gasteiger partial charge >= 0.3 is 5.97 Å². The Morgan fingerprint density at radius 3 is 1.59 bits per heavy atom. The molecule has 0 aliphatic carbocycles. The Bertz CT molecular complexity index is 1140. The van der Waals surface area contributed by atoms with Crippen molar-refractivity contribution < 1.29 is 14.3 Å². The van der Waals surface area contributed by atoms with Crippen molar-refractivity contribution in [2.75, 3.05) is 13.7 Å². The largest absolute Gasteiger partial charge is 0.468 e. The number of nitrogens with one attached hydrogen (secondary N) is 1. The number of rotatable bonds is 11. The summed E-state index contributed by atoms with van der Waals surface area (Å²) in [5.74, 6) is 0.104. The topological polar surface area (TPSA) is 47.6 Å². The van der Waals surface area contributed by atoms with Crippen LogP contribution in [0.15, 0.2) is 115 Å². The number of carbonyl (C=O) groups is 1. The van der Waals surface area contributed by atoms with Crippen LogP contribution in [0.2, 0.25) is 0 Å². The molecular weight excluding hydrogens is 458 g/mol. The number of ether oxygens (including phenoxy) is 2. The molecule has 1 atom stereocenters. The number of esters is 1. The van der Waals surface area contributed by atoms with Gasteiger partial charge in [0.1, 0.15) is 6.04 Å². The normalized spacial score (nSPS) is 12.3. The van der Waals surface area contributed by atoms with Crippen LogP contribution in [0.1, 0.15) is 47.6 Å². The number of benzene rings is 4. The van der Waals surface area contributed by atoms with Gasteiger partial charge in [-0.05, 0) is 33.7 Å². The van der Waals surface area contributed by atoms with E-state index in [4.69, 9.17) is 9.47 Å². The molecule has 0 fully saturated rings. The zero-order valence-corrected chi connectivity index (χ0v) is 21.8. The molecule has 0 spiro atoms. The Morgan fingerprint density at radius 2 is 1.19 bits per heavy atom. The monoisotopic (exact) mass is 493 g/mol. The molecule has 4 rings (SSSR count). The summed E-state index contributed by atoms with van der Waals surface area (Å²) < 4.78 is 11.3. The summed E-state index contributed by atoms with van der Waals surface area (Å²) in [5, 5.41) is 3.68. The third-order valence-electron chi connectivity index (χ3n) is 6.70. The average Bonchev–Trinajstić information content (AvgIpc) is 2.96. The second-order valence-electron chi connectivity index (χ2n) is 9.48. The van der Waals surface area contributed by atoms with E-state index in [1.54, 1.807) is 0 Å². The molecule has 0 saturated carbocycles. The van der Waals surface area contributed by atoms with E-state index in [-0.39, 0.29) is 12.6 Å². The van der Waals surface area contributed by atoms with Crippen molar-refractivity contribution in [2.24, 2.45) is 0 Å². The van der Waals surface area contributed by atoms with Crippen molar-refractivity contribution in [1.82, 2.24) is 5.32 Å². The third kappa shape index (κ3) is 6.16. The second kappa shape index (κ2) is 12.5. The lowest BCUT2D eigenvalue weighted by Gasteiger charge is -2.39. The molecule has 0 radical (unpaired) electrons. The van der Waals surface area contributed by atoms with E-state index < -0.39 is 11.6 Å². The number of hydrogen-bond donors (Lipinski definition) is 1. The van der Waals surface area contributed by atoms with Crippen LogP contribution in [-0.2, 0) is 26.4 Å². The smallest absolute Gasteiger partial charge is 0.325 e. The van der Waals surface area contributed by atoms with Gasteiger partial charge in [-0.3, -0.25) is 10.1 Å². The van der Waals surface area contributed by atoms with Crippen LogP contribution >= 0.6 is 0 Å². The zero-order chi connectivity index (χ0) is 26.1. The minimum absolute atomic E-state index is 0.160. The Morgan fingerprint density at radius 1 is 0.730 bits per heavy atom. The predicted molar refractivity (Wildman–Crippen MR) is 148 cm³/mol. The van der Waals surface area contributed by atoms with Gasteiger partial charge in [0.25, 0.3) is 0 Å². The standard InChI is InChI=1S/C33H35NO3/c1-25(2)27-21-19-26(20-22-27)23-37-24-31(32(35)36-3)34-33(28-13-7-4-8-14-28,29-15-9-5-10-16-29)30-17-11-6-12-18-30/h4-22,25,31,34H,23-24H2,1-3H3/t31-/m0/s1. The van der Waals surface area contributed by atoms with Crippen molar-refractivity contribution in [3.63, 3.8) is 0 Å². The lowest BCUT2D eigenvalue weighted by atomic mass is 9.76. The number of methoxy groups -OCH3 is 1. The number of carbonyl (C=O) groups excluding carboxylic acids is 1. The number of hydrogen-bond acceptors (Lipinski definition) is 4. The van der Waals surface area contributed by atoms with Gasteiger partial charge in [-0.2, -0.15) is 0 Å². The van der Waals surface area contributed by atoms with E-state index in [9.17, 15) is 4.79 Å². The van der Waals surface area contributed by atoms with Gasteiger partial charge in [0.15, 0.2) is 0 Å². The van der Waals surface area contributed by atoms with E-state index in [0.717, 1.165) is 22.3 Å². The Hall–Kier alpha value is -3.73. The van der Waals surface area contributed by atoms with Gasteiger partial charge in [0.2, 0.25) is 0 Å². The molecule has 37 heavy (non-hydrogen) atoms. The van der Waals surface area contributed by atoms with Crippen molar-refractivity contribution >= 4 is 5.97 Å². The van der Waals surface area contributed by atoms with Crippen LogP contribution in [-0.4, -0.2) is 25.7 Å². The highest BCUT2D eigenvalue weighted by molar-refractivity contribution is 5.76. The first kappa shape index (κ1) is 26.3. The van der Waals surface area contributed by atoms with E-state index >= 15 is 0 Å². The van der Waals surface area contributed by atoms with E-state index in [0.29, 0.717) is 12.5 Å². The molecule has 0 unspecified atom stereocenters. The van der Waals surface area contributed by atoms with E-state index in [2.05, 4.69) is 79.8 Å². The molecule has 0 heterocycles. The summed E-state index contributed by atoms with van der Waals surface area (Å²) in [4.78, 5) is 13.1. The molecule has 4 aromatic carbocycles. The summed E-state index contributed by atoms with van der Waals surface area (Å²) >= 11 is 0. The lowest BCUT2D eigenvalue weighted by molar-refractivity contribution is -0.145. The van der Waals surface area contributed by atoms with E-state index in [1.807, 2.05) is 54.6 Å². The maximum absolute atomic E-state index is 13.1. The van der Waals surface area contributed by atoms with Crippen LogP contribution in [0.3, 0.4) is 0 Å². The molecule has 0 saturated heterocycles. The second-order valence-corrected chi connectivity index (χ2v) is 9.48. The SMILES string of the molecule is COC(=O)[C@H](COCc1ccc(C(C)C)cc1)NC(c1ccccc1)(c1ccccc1)c1ccccc1. The maximum Gasteiger partial charge on any atom is 0.325 e. The van der Waals surface area contributed by atoms with Crippen LogP contribution in [0.5, 0.6) is 0 Å². The van der Waals surface area contributed by atoms with Gasteiger partial charge in [-0.25, -0.2) is 0 Å². The van der Waals surface area contributed by atoms with Gasteiger partial charge in [0, 0.05) is 0 Å². The minimum atomic E-state index is -0.801. The van der Waals surface area contributed by atoms with Gasteiger partial charge in [-0.1, -0.05) is 129 Å². The van der Waals surface area contributed by atoms with Gasteiger partial charge < -0.3 is 9.47 Å². The lowest BCUT2D eigenvalue weighted by Crippen LogP contribution is -2.54. The molecule has 1 N–H and O–H groups in total. The molecule has 190 valence electrons. The van der Waals surface area contributed by atoms with Gasteiger partial charge in [-0.15, -0.1) is 0 Å². The summed E-state index contributed by atoms with van der Waals surface area (Å²) in [6.45, 7) is 4.92. The first-order chi connectivity index (χ1) is 18.0. The summed E-state index contributed by atoms with van der Waals surface area (Å²) in [7, 11) is 1.41. The fourth-order valence-corrected chi connectivity index (χ4v) is 4.68. The first-order valence-electron chi connectivity index (χ1n) is 12.7. The Labute approximate surface area is 220 Å². The molecule has 4 aromatic rings. The predicted octanol–water partition coefficient (Wildman–Crippen LogP) is 6.45. The van der Waals surface area contributed by atoms with Crippen molar-refractivity contribution in [3.05, 3.63) is 143 Å². The summed E-state index contributed by atoms with van der Waals surface area (Å²) in [6, 6.07) is 38.3. The minimum Gasteiger partial charge on any atom is -0.468 e. The zero-order valence-electron chi connectivity index (χ0n) is 21.8. The Kier molecular flexibility index (Phi) is 8.89. The highest BCUT2D eigenvalue weighted by atomic mass is 16.5. The van der Waals surface area contributed by atoms with Crippen LogP contribution in [0.25, 0.3) is 0 Å². The maximum atomic E-state index is 13.1. The van der Waals surface area contributed by atoms with Crippen molar-refractivity contribution in [1.29, 1.82) is 0 Å². The van der Waals surface area contributed by atoms with Gasteiger partial charge in [0.05, 0.1) is 25.9 Å². The molecule has 0 aliphatic heterocycles. The summed E-state index contributed by atoms with van der Waals surface area (Å²) in [6.07, 6.45) is 0. The highest BCUT2D eigenvalue weighted by Gasteiger charge is 2.40. The summed E-state index contributed by atoms with van der Waals surface area (Å²) in [5.41, 5.74) is 4.61. The Balaban J connectivity index is 1.68. The van der Waals surface area contributed by atoms with E-state index in [1.165, 1.54) is 12.7 Å². The molecular formula is C33H35NO3. The molecule has 0 amide bonds. The van der Waals surface area contributed by atoms with Crippen LogP contribution in [0, 0.1) is 0 Å². The molecule has 4 nitrogen and oxygen atoms in total. The molecule has 0 aliphatic rings. The van der Waals surface area contributed by atoms with Crippen LogP contribution in [0.4, 0.5) is 0 Å². The fourth-order valence-electron chi connectivity index (χ4n) is 4.68. The quantitative estimate of drug-likeness (QED) is 0.193. The van der Waals surface area contributed by atoms with Crippen LogP contribution < -0.4 is 5.32 Å². The van der Waals surface area contributed by atoms with Crippen molar-refractivity contribution in [3.8, 4) is 0 Å².